The minimum absolute atomic E-state index is 0.117. The molecule has 7 nitrogen and oxygen atoms in total. The van der Waals surface area contributed by atoms with Gasteiger partial charge in [-0.1, -0.05) is 12.1 Å². The number of nitrogens with zero attached hydrogens (tertiary/aromatic N) is 4. The van der Waals surface area contributed by atoms with Crippen molar-refractivity contribution in [2.24, 2.45) is 0 Å². The zero-order valence-corrected chi connectivity index (χ0v) is 17.8. The predicted molar refractivity (Wildman–Crippen MR) is 115 cm³/mol. The molecule has 2 aliphatic heterocycles. The fourth-order valence-electron chi connectivity index (χ4n) is 4.13. The molecule has 8 heteroatoms. The summed E-state index contributed by atoms with van der Waals surface area (Å²) in [6.07, 6.45) is 5.10. The van der Waals surface area contributed by atoms with E-state index in [9.17, 15) is 4.79 Å². The summed E-state index contributed by atoms with van der Waals surface area (Å²) in [4.78, 5) is 22.0. The normalized spacial score (nSPS) is 19.6. The summed E-state index contributed by atoms with van der Waals surface area (Å²) >= 11 is 1.39. The van der Waals surface area contributed by atoms with E-state index in [-0.39, 0.29) is 11.9 Å². The van der Waals surface area contributed by atoms with Crippen LogP contribution < -0.4 is 15.0 Å². The Morgan fingerprint density at radius 2 is 2.14 bits per heavy atom. The molecule has 4 rings (SSSR count). The van der Waals surface area contributed by atoms with Crippen molar-refractivity contribution in [3.8, 4) is 5.75 Å². The van der Waals surface area contributed by atoms with Gasteiger partial charge in [-0.25, -0.2) is 4.98 Å². The SMILES string of the molecule is COc1cccc(Cc2nsc(N3CCCC3C(=O)NCCN3CCCC3)n2)c1. The van der Waals surface area contributed by atoms with Crippen LogP contribution in [0.4, 0.5) is 5.13 Å². The second kappa shape index (κ2) is 9.54. The van der Waals surface area contributed by atoms with E-state index in [2.05, 4.69) is 25.6 Å². The van der Waals surface area contributed by atoms with E-state index in [1.807, 2.05) is 18.2 Å². The van der Waals surface area contributed by atoms with Crippen LogP contribution in [0, 0.1) is 0 Å². The molecule has 0 bridgehead atoms. The molecule has 3 heterocycles. The number of carbonyl (C=O) groups is 1. The standard InChI is InChI=1S/C21H29N5O2S/c1-28-17-7-4-6-16(14-17)15-19-23-21(29-24-19)26-12-5-8-18(26)20(27)22-9-13-25-10-2-3-11-25/h4,6-7,14,18H,2-3,5,8-13,15H2,1H3,(H,22,27). The number of hydrogen-bond acceptors (Lipinski definition) is 7. The van der Waals surface area contributed by atoms with Crippen LogP contribution in [-0.4, -0.2) is 66.0 Å². The molecule has 156 valence electrons. The van der Waals surface area contributed by atoms with Crippen LogP contribution in [0.15, 0.2) is 24.3 Å². The van der Waals surface area contributed by atoms with E-state index in [0.717, 1.165) is 67.8 Å². The number of ether oxygens (including phenoxy) is 1. The summed E-state index contributed by atoms with van der Waals surface area (Å²) < 4.78 is 9.82. The Balaban J connectivity index is 1.34. The highest BCUT2D eigenvalue weighted by Crippen LogP contribution is 2.28. The minimum Gasteiger partial charge on any atom is -0.497 e. The largest absolute Gasteiger partial charge is 0.497 e. The molecule has 2 saturated heterocycles. The van der Waals surface area contributed by atoms with E-state index < -0.39 is 0 Å². The lowest BCUT2D eigenvalue weighted by Crippen LogP contribution is -2.45. The van der Waals surface area contributed by atoms with Crippen LogP contribution in [0.25, 0.3) is 0 Å². The number of carbonyl (C=O) groups excluding carboxylic acids is 1. The van der Waals surface area contributed by atoms with Gasteiger partial charge in [0.15, 0.2) is 0 Å². The van der Waals surface area contributed by atoms with E-state index in [0.29, 0.717) is 6.42 Å². The van der Waals surface area contributed by atoms with Gasteiger partial charge in [0, 0.05) is 37.6 Å². The molecule has 1 aromatic carbocycles. The molecule has 1 aromatic heterocycles. The predicted octanol–water partition coefficient (Wildman–Crippen LogP) is 2.32. The van der Waals surface area contributed by atoms with Crippen molar-refractivity contribution in [1.29, 1.82) is 0 Å². The molecule has 0 saturated carbocycles. The van der Waals surface area contributed by atoms with Crippen LogP contribution in [0.1, 0.15) is 37.1 Å². The number of amides is 1. The first-order chi connectivity index (χ1) is 14.2. The molecular weight excluding hydrogens is 386 g/mol. The Labute approximate surface area is 176 Å². The number of aromatic nitrogens is 2. The van der Waals surface area contributed by atoms with Gasteiger partial charge in [-0.05, 0) is 56.5 Å². The first kappa shape index (κ1) is 20.1. The third-order valence-corrected chi connectivity index (χ3v) is 6.47. The maximum atomic E-state index is 12.7. The van der Waals surface area contributed by atoms with Gasteiger partial charge in [0.1, 0.15) is 17.6 Å². The lowest BCUT2D eigenvalue weighted by atomic mass is 10.1. The van der Waals surface area contributed by atoms with Crippen LogP contribution in [0.2, 0.25) is 0 Å². The van der Waals surface area contributed by atoms with Crippen molar-refractivity contribution in [3.05, 3.63) is 35.7 Å². The first-order valence-corrected chi connectivity index (χ1v) is 11.2. The average molecular weight is 416 g/mol. The number of likely N-dealkylation sites (tertiary alicyclic amines) is 1. The van der Waals surface area contributed by atoms with Crippen molar-refractivity contribution in [2.45, 2.75) is 38.1 Å². The van der Waals surface area contributed by atoms with Crippen LogP contribution in [0.5, 0.6) is 5.75 Å². The monoisotopic (exact) mass is 415 g/mol. The second-order valence-corrected chi connectivity index (χ2v) is 8.44. The maximum Gasteiger partial charge on any atom is 0.242 e. The van der Waals surface area contributed by atoms with Crippen molar-refractivity contribution < 1.29 is 9.53 Å². The zero-order valence-electron chi connectivity index (χ0n) is 17.0. The number of hydrogen-bond donors (Lipinski definition) is 1. The Hall–Kier alpha value is -2.19. The number of rotatable bonds is 8. The van der Waals surface area contributed by atoms with E-state index in [1.165, 1.54) is 24.4 Å². The maximum absolute atomic E-state index is 12.7. The van der Waals surface area contributed by atoms with Crippen LogP contribution >= 0.6 is 11.5 Å². The van der Waals surface area contributed by atoms with Gasteiger partial charge in [-0.2, -0.15) is 4.37 Å². The molecular formula is C21H29N5O2S. The first-order valence-electron chi connectivity index (χ1n) is 10.4. The van der Waals surface area contributed by atoms with E-state index in [1.54, 1.807) is 7.11 Å². The molecule has 1 N–H and O–H groups in total. The second-order valence-electron chi connectivity index (χ2n) is 7.71. The number of methoxy groups -OCH3 is 1. The summed E-state index contributed by atoms with van der Waals surface area (Å²) in [5.74, 6) is 1.74. The van der Waals surface area contributed by atoms with Crippen LogP contribution in [0.3, 0.4) is 0 Å². The van der Waals surface area contributed by atoms with Crippen molar-refractivity contribution in [1.82, 2.24) is 19.6 Å². The smallest absolute Gasteiger partial charge is 0.242 e. The van der Waals surface area contributed by atoms with Crippen molar-refractivity contribution >= 4 is 22.6 Å². The molecule has 0 radical (unpaired) electrons. The molecule has 0 aliphatic carbocycles. The lowest BCUT2D eigenvalue weighted by molar-refractivity contribution is -0.122. The van der Waals surface area contributed by atoms with Gasteiger partial charge in [0.05, 0.1) is 7.11 Å². The molecule has 1 unspecified atom stereocenters. The molecule has 2 fully saturated rings. The topological polar surface area (TPSA) is 70.6 Å². The van der Waals surface area contributed by atoms with Gasteiger partial charge in [-0.15, -0.1) is 0 Å². The van der Waals surface area contributed by atoms with Crippen molar-refractivity contribution in [2.75, 3.05) is 44.7 Å². The highest BCUT2D eigenvalue weighted by atomic mass is 32.1. The average Bonchev–Trinajstić information content (AvgIpc) is 3.49. The highest BCUT2D eigenvalue weighted by Gasteiger charge is 2.32. The summed E-state index contributed by atoms with van der Waals surface area (Å²) in [6, 6.07) is 7.83. The Morgan fingerprint density at radius 1 is 1.28 bits per heavy atom. The van der Waals surface area contributed by atoms with E-state index in [4.69, 9.17) is 9.72 Å². The van der Waals surface area contributed by atoms with Crippen LogP contribution in [-0.2, 0) is 11.2 Å². The summed E-state index contributed by atoms with van der Waals surface area (Å²) in [5.41, 5.74) is 1.12. The summed E-state index contributed by atoms with van der Waals surface area (Å²) in [5, 5.41) is 3.98. The fraction of sp³-hybridized carbons (Fsp3) is 0.571. The number of benzene rings is 1. The quantitative estimate of drug-likeness (QED) is 0.714. The fourth-order valence-corrected chi connectivity index (χ4v) is 4.89. The minimum atomic E-state index is -0.133. The highest BCUT2D eigenvalue weighted by molar-refractivity contribution is 7.09. The van der Waals surface area contributed by atoms with Gasteiger partial charge < -0.3 is 19.9 Å². The van der Waals surface area contributed by atoms with Gasteiger partial charge in [-0.3, -0.25) is 4.79 Å². The summed E-state index contributed by atoms with van der Waals surface area (Å²) in [7, 11) is 1.67. The molecule has 1 amide bonds. The van der Waals surface area contributed by atoms with E-state index >= 15 is 0 Å². The molecule has 29 heavy (non-hydrogen) atoms. The third kappa shape index (κ3) is 5.05. The number of anilines is 1. The van der Waals surface area contributed by atoms with Gasteiger partial charge in [0.2, 0.25) is 11.0 Å². The number of nitrogens with one attached hydrogen (secondary N) is 1. The third-order valence-electron chi connectivity index (χ3n) is 5.68. The van der Waals surface area contributed by atoms with Gasteiger partial charge >= 0.3 is 0 Å². The Bertz CT molecular complexity index is 821. The molecule has 1 atom stereocenters. The Morgan fingerprint density at radius 3 is 2.97 bits per heavy atom. The van der Waals surface area contributed by atoms with Gasteiger partial charge in [0.25, 0.3) is 0 Å². The summed E-state index contributed by atoms with van der Waals surface area (Å²) in [6.45, 7) is 4.85. The molecule has 2 aliphatic rings. The molecule has 2 aromatic rings. The van der Waals surface area contributed by atoms with Crippen molar-refractivity contribution in [3.63, 3.8) is 0 Å². The lowest BCUT2D eigenvalue weighted by Gasteiger charge is -2.23. The Kier molecular flexibility index (Phi) is 6.61. The molecule has 0 spiro atoms. The zero-order chi connectivity index (χ0) is 20.1.